The molecule has 1 aromatic heterocycles. The summed E-state index contributed by atoms with van der Waals surface area (Å²) in [6.07, 6.45) is 3.32. The maximum atomic E-state index is 12.8. The van der Waals surface area contributed by atoms with Gasteiger partial charge in [-0.3, -0.25) is 4.79 Å². The molecule has 0 saturated heterocycles. The van der Waals surface area contributed by atoms with Crippen LogP contribution in [0.2, 0.25) is 10.0 Å². The first-order valence-electron chi connectivity index (χ1n) is 9.92. The molecule has 1 heterocycles. The van der Waals surface area contributed by atoms with Gasteiger partial charge in [0.05, 0.1) is 10.6 Å². The number of rotatable bonds is 6. The molecule has 4 nitrogen and oxygen atoms in total. The van der Waals surface area contributed by atoms with Gasteiger partial charge in [-0.1, -0.05) is 59.6 Å². The lowest BCUT2D eigenvalue weighted by molar-refractivity contribution is 0.0697. The van der Waals surface area contributed by atoms with Crippen molar-refractivity contribution in [1.82, 2.24) is 4.57 Å². The van der Waals surface area contributed by atoms with E-state index in [1.54, 1.807) is 34.9 Å². The third-order valence-corrected chi connectivity index (χ3v) is 6.42. The van der Waals surface area contributed by atoms with Gasteiger partial charge >= 0.3 is 5.97 Å². The summed E-state index contributed by atoms with van der Waals surface area (Å²) in [4.78, 5) is 23.9. The first-order chi connectivity index (χ1) is 14.4. The number of nitrogens with zero attached hydrogens (tertiary/aromatic N) is 1. The van der Waals surface area contributed by atoms with Crippen LogP contribution in [-0.4, -0.2) is 15.6 Å². The number of pyridine rings is 1. The normalized spacial score (nSPS) is 15.2. The van der Waals surface area contributed by atoms with Crippen molar-refractivity contribution in [2.45, 2.75) is 38.1 Å². The minimum atomic E-state index is -0.960. The van der Waals surface area contributed by atoms with Crippen LogP contribution in [-0.2, 0) is 25.8 Å². The third kappa shape index (κ3) is 4.16. The minimum Gasteiger partial charge on any atom is -0.478 e. The van der Waals surface area contributed by atoms with Gasteiger partial charge in [-0.2, -0.15) is 0 Å². The zero-order valence-electron chi connectivity index (χ0n) is 16.3. The Balaban J connectivity index is 1.61. The van der Waals surface area contributed by atoms with E-state index in [2.05, 4.69) is 24.3 Å². The zero-order chi connectivity index (χ0) is 21.3. The van der Waals surface area contributed by atoms with E-state index in [-0.39, 0.29) is 16.1 Å². The molecular weight excluding hydrogens is 421 g/mol. The molecule has 1 aliphatic carbocycles. The van der Waals surface area contributed by atoms with Gasteiger partial charge in [0.25, 0.3) is 5.56 Å². The zero-order valence-corrected chi connectivity index (χ0v) is 17.8. The van der Waals surface area contributed by atoms with Crippen LogP contribution in [0, 0.1) is 0 Å². The average Bonchev–Trinajstić information content (AvgIpc) is 3.15. The topological polar surface area (TPSA) is 59.3 Å². The van der Waals surface area contributed by atoms with Crippen LogP contribution in [0.5, 0.6) is 0 Å². The van der Waals surface area contributed by atoms with Gasteiger partial charge in [-0.05, 0) is 66.5 Å². The first kappa shape index (κ1) is 20.7. The van der Waals surface area contributed by atoms with Crippen LogP contribution in [0.15, 0.2) is 59.4 Å². The Bertz CT molecular complexity index is 1150. The minimum absolute atomic E-state index is 0.108. The maximum Gasteiger partial charge on any atom is 0.335 e. The monoisotopic (exact) mass is 441 g/mol. The highest BCUT2D eigenvalue weighted by Crippen LogP contribution is 2.36. The second kappa shape index (κ2) is 8.66. The number of benzene rings is 2. The van der Waals surface area contributed by atoms with Crippen LogP contribution in [0.3, 0.4) is 0 Å². The number of hydrogen-bond donors (Lipinski definition) is 1. The SMILES string of the molecule is O=C(O)c1ccc(CCn2c(CC3CCc4ccccc43)c(Cl)cc(Cl)c2=O)cc1. The number of fused-ring (bicyclic) bond motifs is 1. The molecule has 0 saturated carbocycles. The number of carbonyl (C=O) groups is 1. The summed E-state index contributed by atoms with van der Waals surface area (Å²) in [5.74, 6) is -0.640. The molecule has 1 atom stereocenters. The highest BCUT2D eigenvalue weighted by atomic mass is 35.5. The van der Waals surface area contributed by atoms with Gasteiger partial charge in [-0.15, -0.1) is 0 Å². The number of carboxylic acid groups (broad SMARTS) is 1. The van der Waals surface area contributed by atoms with Crippen molar-refractivity contribution in [2.24, 2.45) is 0 Å². The largest absolute Gasteiger partial charge is 0.478 e. The van der Waals surface area contributed by atoms with Gasteiger partial charge < -0.3 is 9.67 Å². The summed E-state index contributed by atoms with van der Waals surface area (Å²) in [6, 6.07) is 16.6. The van der Waals surface area contributed by atoms with Gasteiger partial charge in [0.2, 0.25) is 0 Å². The average molecular weight is 442 g/mol. The molecule has 3 aromatic rings. The fourth-order valence-electron chi connectivity index (χ4n) is 4.23. The van der Waals surface area contributed by atoms with Crippen LogP contribution in [0.4, 0.5) is 0 Å². The molecule has 0 amide bonds. The molecule has 2 aromatic carbocycles. The number of aromatic carboxylic acids is 1. The number of hydrogen-bond acceptors (Lipinski definition) is 2. The van der Waals surface area contributed by atoms with Gasteiger partial charge in [0, 0.05) is 12.2 Å². The van der Waals surface area contributed by atoms with Crippen molar-refractivity contribution in [3.8, 4) is 0 Å². The van der Waals surface area contributed by atoms with Crippen molar-refractivity contribution < 1.29 is 9.90 Å². The van der Waals surface area contributed by atoms with E-state index in [0.717, 1.165) is 24.1 Å². The Kier molecular flexibility index (Phi) is 5.98. The Morgan fingerprint density at radius 1 is 1.07 bits per heavy atom. The smallest absolute Gasteiger partial charge is 0.335 e. The fourth-order valence-corrected chi connectivity index (χ4v) is 4.78. The van der Waals surface area contributed by atoms with Crippen LogP contribution in [0.25, 0.3) is 0 Å². The molecule has 1 unspecified atom stereocenters. The summed E-state index contributed by atoms with van der Waals surface area (Å²) in [5.41, 5.74) is 4.42. The molecule has 1 N–H and O–H groups in total. The Hall–Kier alpha value is -2.56. The van der Waals surface area contributed by atoms with E-state index in [0.29, 0.717) is 30.3 Å². The van der Waals surface area contributed by atoms with Crippen molar-refractivity contribution in [3.63, 3.8) is 0 Å². The standard InChI is InChI=1S/C24H21Cl2NO3/c25-20-14-21(26)23(28)27(12-11-15-5-7-17(8-6-15)24(29)30)22(20)13-18-10-9-16-3-1-2-4-19(16)18/h1-8,14,18H,9-13H2,(H,29,30). The van der Waals surface area contributed by atoms with E-state index in [1.807, 2.05) is 0 Å². The first-order valence-corrected chi connectivity index (χ1v) is 10.7. The van der Waals surface area contributed by atoms with Crippen molar-refractivity contribution in [2.75, 3.05) is 0 Å². The highest BCUT2D eigenvalue weighted by Gasteiger charge is 2.25. The number of halogens is 2. The molecule has 0 bridgehead atoms. The second-order valence-corrected chi connectivity index (χ2v) is 8.45. The lowest BCUT2D eigenvalue weighted by atomic mass is 9.95. The molecule has 1 aliphatic rings. The van der Waals surface area contributed by atoms with E-state index >= 15 is 0 Å². The van der Waals surface area contributed by atoms with Crippen LogP contribution < -0.4 is 5.56 Å². The molecule has 0 radical (unpaired) electrons. The summed E-state index contributed by atoms with van der Waals surface area (Å²) in [7, 11) is 0. The number of carboxylic acids is 1. The van der Waals surface area contributed by atoms with Crippen molar-refractivity contribution >= 4 is 29.2 Å². The van der Waals surface area contributed by atoms with Crippen molar-refractivity contribution in [1.29, 1.82) is 0 Å². The molecule has 4 rings (SSSR count). The lowest BCUT2D eigenvalue weighted by Crippen LogP contribution is -2.26. The predicted octanol–water partition coefficient (Wildman–Crippen LogP) is 5.37. The molecule has 154 valence electrons. The predicted molar refractivity (Wildman–Crippen MR) is 119 cm³/mol. The molecule has 0 aliphatic heterocycles. The Morgan fingerprint density at radius 2 is 1.80 bits per heavy atom. The summed E-state index contributed by atoms with van der Waals surface area (Å²) in [5, 5.41) is 9.66. The molecular formula is C24H21Cl2NO3. The lowest BCUT2D eigenvalue weighted by Gasteiger charge is -2.19. The van der Waals surface area contributed by atoms with Gasteiger partial charge in [-0.25, -0.2) is 4.79 Å². The fraction of sp³-hybridized carbons (Fsp3) is 0.250. The third-order valence-electron chi connectivity index (χ3n) is 5.83. The van der Waals surface area contributed by atoms with Crippen LogP contribution in [0.1, 0.15) is 45.1 Å². The van der Waals surface area contributed by atoms with Gasteiger partial charge in [0.1, 0.15) is 5.02 Å². The molecule has 0 spiro atoms. The molecule has 30 heavy (non-hydrogen) atoms. The van der Waals surface area contributed by atoms with E-state index in [9.17, 15) is 9.59 Å². The second-order valence-electron chi connectivity index (χ2n) is 7.63. The quantitative estimate of drug-likeness (QED) is 0.559. The van der Waals surface area contributed by atoms with E-state index < -0.39 is 5.97 Å². The van der Waals surface area contributed by atoms with E-state index in [1.165, 1.54) is 11.1 Å². The summed E-state index contributed by atoms with van der Waals surface area (Å²) >= 11 is 12.7. The van der Waals surface area contributed by atoms with Gasteiger partial charge in [0.15, 0.2) is 0 Å². The number of aromatic nitrogens is 1. The Morgan fingerprint density at radius 3 is 2.53 bits per heavy atom. The molecule has 6 heteroatoms. The Labute approximate surface area is 184 Å². The summed E-state index contributed by atoms with van der Waals surface area (Å²) < 4.78 is 1.68. The highest BCUT2D eigenvalue weighted by molar-refractivity contribution is 6.34. The summed E-state index contributed by atoms with van der Waals surface area (Å²) in [6.45, 7) is 0.426. The van der Waals surface area contributed by atoms with Crippen molar-refractivity contribution in [3.05, 3.63) is 103 Å². The maximum absolute atomic E-state index is 12.8. The van der Waals surface area contributed by atoms with E-state index in [4.69, 9.17) is 28.3 Å². The molecule has 0 fully saturated rings. The van der Waals surface area contributed by atoms with Crippen LogP contribution >= 0.6 is 23.2 Å². The number of aryl methyl sites for hydroxylation is 2.